The molecule has 0 unspecified atom stereocenters. The van der Waals surface area contributed by atoms with Crippen LogP contribution in [0.3, 0.4) is 0 Å². The van der Waals surface area contributed by atoms with E-state index >= 15 is 0 Å². The normalized spacial score (nSPS) is 11.3. The number of nitrogens with two attached hydrogens (primary N) is 1. The van der Waals surface area contributed by atoms with E-state index in [9.17, 15) is 0 Å². The van der Waals surface area contributed by atoms with E-state index in [0.29, 0.717) is 22.5 Å². The van der Waals surface area contributed by atoms with Crippen molar-refractivity contribution in [1.82, 2.24) is 9.55 Å². The van der Waals surface area contributed by atoms with Crippen LogP contribution in [0.25, 0.3) is 11.0 Å². The molecule has 2 heterocycles. The van der Waals surface area contributed by atoms with Crippen LogP contribution in [0.5, 0.6) is 0 Å². The molecule has 0 aliphatic carbocycles. The summed E-state index contributed by atoms with van der Waals surface area (Å²) in [5.74, 6) is 0.480. The Bertz CT molecular complexity index is 776. The quantitative estimate of drug-likeness (QED) is 0.764. The first-order chi connectivity index (χ1) is 9.60. The minimum atomic E-state index is 0.480. The van der Waals surface area contributed by atoms with Crippen LogP contribution in [0.2, 0.25) is 10.0 Å². The summed E-state index contributed by atoms with van der Waals surface area (Å²) in [7, 11) is 0. The summed E-state index contributed by atoms with van der Waals surface area (Å²) in [4.78, 5) is 5.65. The number of fused-ring (bicyclic) bond motifs is 1. The molecule has 0 aliphatic rings. The highest BCUT2D eigenvalue weighted by Gasteiger charge is 2.13. The number of hydrogen-bond donors (Lipinski definition) is 1. The maximum atomic E-state index is 6.10. The molecule has 0 aliphatic heterocycles. The molecule has 0 saturated carbocycles. The largest absolute Gasteiger partial charge is 0.369 e. The fourth-order valence-electron chi connectivity index (χ4n) is 2.27. The van der Waals surface area contributed by atoms with Crippen molar-refractivity contribution in [2.24, 2.45) is 0 Å². The summed E-state index contributed by atoms with van der Waals surface area (Å²) in [6.07, 6.45) is 1.01. The predicted octanol–water partition coefficient (Wildman–Crippen LogP) is 4.60. The van der Waals surface area contributed by atoms with Gasteiger partial charge in [-0.15, -0.1) is 11.3 Å². The highest BCUT2D eigenvalue weighted by molar-refractivity contribution is 7.10. The number of halogens is 2. The first kappa shape index (κ1) is 13.7. The zero-order valence-corrected chi connectivity index (χ0v) is 13.2. The van der Waals surface area contributed by atoms with Gasteiger partial charge in [-0.25, -0.2) is 4.98 Å². The van der Waals surface area contributed by atoms with Crippen LogP contribution in [0.1, 0.15) is 17.4 Å². The van der Waals surface area contributed by atoms with E-state index in [1.165, 1.54) is 10.4 Å². The molecule has 3 aromatic rings. The van der Waals surface area contributed by atoms with Crippen molar-refractivity contribution in [3.05, 3.63) is 44.1 Å². The monoisotopic (exact) mass is 325 g/mol. The summed E-state index contributed by atoms with van der Waals surface area (Å²) in [5.41, 5.74) is 9.06. The number of anilines is 1. The lowest BCUT2D eigenvalue weighted by Gasteiger charge is -2.07. The summed E-state index contributed by atoms with van der Waals surface area (Å²) < 4.78 is 1.97. The molecule has 0 amide bonds. The molecule has 2 N–H and O–H groups in total. The van der Waals surface area contributed by atoms with Gasteiger partial charge in [-0.2, -0.15) is 0 Å². The maximum absolute atomic E-state index is 6.10. The Morgan fingerprint density at radius 2 is 2.05 bits per heavy atom. The molecule has 0 saturated heterocycles. The van der Waals surface area contributed by atoms with Crippen LogP contribution in [0, 0.1) is 0 Å². The van der Waals surface area contributed by atoms with Gasteiger partial charge >= 0.3 is 0 Å². The number of thiophene rings is 1. The van der Waals surface area contributed by atoms with E-state index < -0.39 is 0 Å². The van der Waals surface area contributed by atoms with Gasteiger partial charge in [-0.3, -0.25) is 0 Å². The highest BCUT2D eigenvalue weighted by atomic mass is 35.5. The Hall–Kier alpha value is -1.23. The van der Waals surface area contributed by atoms with Crippen LogP contribution in [0.15, 0.2) is 23.6 Å². The predicted molar refractivity (Wildman–Crippen MR) is 87.0 cm³/mol. The molecular formula is C14H13Cl2N3S. The van der Waals surface area contributed by atoms with Crippen molar-refractivity contribution in [3.63, 3.8) is 0 Å². The molecule has 0 radical (unpaired) electrons. The molecule has 2 aromatic heterocycles. The highest BCUT2D eigenvalue weighted by Crippen LogP contribution is 2.30. The molecule has 3 nitrogen and oxygen atoms in total. The van der Waals surface area contributed by atoms with Gasteiger partial charge in [0.1, 0.15) is 0 Å². The first-order valence-corrected chi connectivity index (χ1v) is 7.89. The standard InChI is InChI=1S/C14H13Cl2N3S/c1-2-8-3-4-20-13(8)7-19-12-6-10(16)9(15)5-11(12)18-14(19)17/h3-6H,2,7H2,1H3,(H2,17,18). The number of rotatable bonds is 3. The minimum absolute atomic E-state index is 0.480. The number of hydrogen-bond acceptors (Lipinski definition) is 3. The average Bonchev–Trinajstić information content (AvgIpc) is 2.97. The maximum Gasteiger partial charge on any atom is 0.201 e. The number of nitrogens with zero attached hydrogens (tertiary/aromatic N) is 2. The van der Waals surface area contributed by atoms with Crippen LogP contribution < -0.4 is 5.73 Å². The third kappa shape index (κ3) is 2.28. The lowest BCUT2D eigenvalue weighted by atomic mass is 10.2. The van der Waals surface area contributed by atoms with E-state index in [0.717, 1.165) is 17.5 Å². The van der Waals surface area contributed by atoms with Gasteiger partial charge in [-0.1, -0.05) is 30.1 Å². The second kappa shape index (κ2) is 5.28. The van der Waals surface area contributed by atoms with Crippen molar-refractivity contribution >= 4 is 51.5 Å². The second-order valence-corrected chi connectivity index (χ2v) is 6.35. The van der Waals surface area contributed by atoms with Gasteiger partial charge in [0.25, 0.3) is 0 Å². The van der Waals surface area contributed by atoms with E-state index in [2.05, 4.69) is 23.4 Å². The van der Waals surface area contributed by atoms with Crippen molar-refractivity contribution in [2.45, 2.75) is 19.9 Å². The van der Waals surface area contributed by atoms with Crippen molar-refractivity contribution in [2.75, 3.05) is 5.73 Å². The third-order valence-electron chi connectivity index (χ3n) is 3.34. The summed E-state index contributed by atoms with van der Waals surface area (Å²) in [6, 6.07) is 5.72. The Balaban J connectivity index is 2.11. The van der Waals surface area contributed by atoms with Crippen molar-refractivity contribution < 1.29 is 0 Å². The minimum Gasteiger partial charge on any atom is -0.369 e. The molecule has 1 aromatic carbocycles. The van der Waals surface area contributed by atoms with E-state index in [-0.39, 0.29) is 0 Å². The topological polar surface area (TPSA) is 43.8 Å². The third-order valence-corrected chi connectivity index (χ3v) is 5.01. The van der Waals surface area contributed by atoms with Gasteiger partial charge in [0.2, 0.25) is 5.95 Å². The number of aryl methyl sites for hydroxylation is 1. The first-order valence-electron chi connectivity index (χ1n) is 6.26. The lowest BCUT2D eigenvalue weighted by molar-refractivity contribution is 0.841. The van der Waals surface area contributed by atoms with Gasteiger partial charge < -0.3 is 10.3 Å². The Labute approximate surface area is 130 Å². The molecule has 0 spiro atoms. The zero-order chi connectivity index (χ0) is 14.3. The number of benzene rings is 1. The van der Waals surface area contributed by atoms with Crippen LogP contribution >= 0.6 is 34.5 Å². The summed E-state index contributed by atoms with van der Waals surface area (Å²) >= 11 is 13.9. The van der Waals surface area contributed by atoms with Gasteiger partial charge in [0.05, 0.1) is 27.6 Å². The van der Waals surface area contributed by atoms with E-state index in [4.69, 9.17) is 28.9 Å². The molecule has 0 atom stereocenters. The van der Waals surface area contributed by atoms with Gasteiger partial charge in [0.15, 0.2) is 0 Å². The van der Waals surface area contributed by atoms with Gasteiger partial charge in [-0.05, 0) is 35.6 Å². The smallest absolute Gasteiger partial charge is 0.201 e. The number of aromatic nitrogens is 2. The molecule has 104 valence electrons. The molecule has 6 heteroatoms. The number of imidazole rings is 1. The molecule has 20 heavy (non-hydrogen) atoms. The summed E-state index contributed by atoms with van der Waals surface area (Å²) in [6.45, 7) is 2.86. The fourth-order valence-corrected chi connectivity index (χ4v) is 3.55. The Kier molecular flexibility index (Phi) is 3.63. The Morgan fingerprint density at radius 3 is 2.80 bits per heavy atom. The summed E-state index contributed by atoms with van der Waals surface area (Å²) in [5, 5.41) is 3.12. The van der Waals surface area contributed by atoms with Crippen LogP contribution in [0.4, 0.5) is 5.95 Å². The Morgan fingerprint density at radius 1 is 1.30 bits per heavy atom. The van der Waals surface area contributed by atoms with Crippen molar-refractivity contribution in [3.8, 4) is 0 Å². The van der Waals surface area contributed by atoms with Crippen LogP contribution in [-0.4, -0.2) is 9.55 Å². The van der Waals surface area contributed by atoms with Crippen LogP contribution in [-0.2, 0) is 13.0 Å². The second-order valence-electron chi connectivity index (χ2n) is 4.53. The lowest BCUT2D eigenvalue weighted by Crippen LogP contribution is -2.04. The molecular weight excluding hydrogens is 313 g/mol. The zero-order valence-electron chi connectivity index (χ0n) is 10.9. The van der Waals surface area contributed by atoms with E-state index in [1.807, 2.05) is 10.6 Å². The molecule has 0 bridgehead atoms. The average molecular weight is 326 g/mol. The molecule has 0 fully saturated rings. The SMILES string of the molecule is CCc1ccsc1Cn1c(N)nc2cc(Cl)c(Cl)cc21. The van der Waals surface area contributed by atoms with E-state index in [1.54, 1.807) is 17.4 Å². The van der Waals surface area contributed by atoms with Crippen molar-refractivity contribution in [1.29, 1.82) is 0 Å². The number of nitrogen functional groups attached to an aromatic ring is 1. The molecule has 3 rings (SSSR count). The fraction of sp³-hybridized carbons (Fsp3) is 0.214. The van der Waals surface area contributed by atoms with Gasteiger partial charge in [0, 0.05) is 4.88 Å².